The average molecular weight is 525 g/mol. The van der Waals surface area contributed by atoms with Gasteiger partial charge in [0.05, 0.1) is 12.0 Å². The zero-order valence-electron chi connectivity index (χ0n) is 25.0. The van der Waals surface area contributed by atoms with Gasteiger partial charge >= 0.3 is 5.97 Å². The molecule has 0 spiro atoms. The van der Waals surface area contributed by atoms with Crippen LogP contribution in [0.15, 0.2) is 9.21 Å². The summed E-state index contributed by atoms with van der Waals surface area (Å²) in [5, 5.41) is 11.4. The molecule has 1 heterocycles. The first-order valence-corrected chi connectivity index (χ1v) is 15.8. The molecule has 0 radical (unpaired) electrons. The number of carbonyl (C=O) groups excluding carboxylic acids is 1. The van der Waals surface area contributed by atoms with Gasteiger partial charge in [0.1, 0.15) is 17.6 Å². The number of aliphatic hydroxyl groups excluding tert-OH is 1. The van der Waals surface area contributed by atoms with Gasteiger partial charge in [0.25, 0.3) is 0 Å². The fourth-order valence-electron chi connectivity index (χ4n) is 6.17. The maximum Gasteiger partial charge on any atom is 0.302 e. The van der Waals surface area contributed by atoms with Crippen molar-refractivity contribution in [2.24, 2.45) is 11.8 Å². The summed E-state index contributed by atoms with van der Waals surface area (Å²) in [7, 11) is -2.07. The highest BCUT2D eigenvalue weighted by molar-refractivity contribution is 6.77. The molecule has 7 heteroatoms. The smallest absolute Gasteiger partial charge is 0.302 e. The summed E-state index contributed by atoms with van der Waals surface area (Å²) in [6, 6.07) is 0. The van der Waals surface area contributed by atoms with E-state index in [-0.39, 0.29) is 11.3 Å². The minimum absolute atomic E-state index is 0.0474. The Morgan fingerprint density at radius 1 is 0.944 bits per heavy atom. The van der Waals surface area contributed by atoms with E-state index in [0.717, 1.165) is 0 Å². The van der Waals surface area contributed by atoms with Gasteiger partial charge in [-0.2, -0.15) is 0 Å². The molecule has 0 unspecified atom stereocenters. The Bertz CT molecular complexity index is 897. The van der Waals surface area contributed by atoms with Gasteiger partial charge in [0.15, 0.2) is 13.7 Å². The first-order valence-electron chi connectivity index (χ1n) is 13.7. The van der Waals surface area contributed by atoms with E-state index in [1.165, 1.54) is 6.92 Å². The first-order chi connectivity index (χ1) is 16.5. The molecule has 208 valence electrons. The quantitative estimate of drug-likeness (QED) is 0.229. The van der Waals surface area contributed by atoms with Crippen LogP contribution >= 0.6 is 0 Å². The zero-order chi connectivity index (χ0) is 28.1. The summed E-state index contributed by atoms with van der Waals surface area (Å²) in [6.45, 7) is 26.6. The summed E-state index contributed by atoms with van der Waals surface area (Å²) in [4.78, 5) is 24.9. The Kier molecular flexibility index (Phi) is 12.1. The third-order valence-corrected chi connectivity index (χ3v) is 14.3. The molecule has 1 aromatic heterocycles. The molecule has 0 fully saturated rings. The van der Waals surface area contributed by atoms with Crippen molar-refractivity contribution in [1.82, 2.24) is 0 Å². The monoisotopic (exact) mass is 524 g/mol. The number of aryl methyl sites for hydroxylation is 1. The minimum atomic E-state index is -2.07. The van der Waals surface area contributed by atoms with Crippen LogP contribution in [0.3, 0.4) is 0 Å². The Morgan fingerprint density at radius 3 is 1.86 bits per heavy atom. The number of hydrogen-bond donors (Lipinski definition) is 1. The van der Waals surface area contributed by atoms with E-state index in [0.29, 0.717) is 52.3 Å². The number of hydrogen-bond acceptors (Lipinski definition) is 6. The molecule has 1 rings (SSSR count). The van der Waals surface area contributed by atoms with Crippen molar-refractivity contribution in [2.75, 3.05) is 6.61 Å². The zero-order valence-corrected chi connectivity index (χ0v) is 26.0. The lowest BCUT2D eigenvalue weighted by atomic mass is 9.82. The third kappa shape index (κ3) is 6.90. The van der Waals surface area contributed by atoms with Crippen molar-refractivity contribution >= 4 is 14.3 Å². The highest BCUT2D eigenvalue weighted by Crippen LogP contribution is 2.43. The molecule has 0 saturated heterocycles. The summed E-state index contributed by atoms with van der Waals surface area (Å²) in [5.41, 5.74) is 2.44. The van der Waals surface area contributed by atoms with Crippen LogP contribution in [0, 0.1) is 25.7 Å². The highest BCUT2D eigenvalue weighted by atomic mass is 28.4. The van der Waals surface area contributed by atoms with Gasteiger partial charge in [-0.05, 0) is 30.5 Å². The molecule has 1 aromatic rings. The molecule has 1 N–H and O–H groups in total. The summed E-state index contributed by atoms with van der Waals surface area (Å²) >= 11 is 0. The standard InChI is InChI=1S/C29H52O6Si/c1-14-25-20(9)27(32)22(11)29(35-25)23(12)28(34-24(13)30)21(10)26(31)19(8)15-33-36(16(2)3,17(4)5)18(6)7/h16-19,21,23,26,28,31H,14-15H2,1-13H3/t19-,21-,23+,26-,28+/m1/s1. The molecule has 0 aliphatic heterocycles. The van der Waals surface area contributed by atoms with Crippen molar-refractivity contribution in [3.05, 3.63) is 32.9 Å². The summed E-state index contributed by atoms with van der Waals surface area (Å²) in [5.74, 6) is -0.231. The molecule has 0 bridgehead atoms. The molecule has 0 aliphatic rings. The van der Waals surface area contributed by atoms with Crippen LogP contribution in [0.25, 0.3) is 0 Å². The molecule has 6 nitrogen and oxygen atoms in total. The highest BCUT2D eigenvalue weighted by Gasteiger charge is 2.46. The van der Waals surface area contributed by atoms with Gasteiger partial charge in [-0.1, -0.05) is 69.2 Å². The molecular formula is C29H52O6Si. The topological polar surface area (TPSA) is 86.0 Å². The predicted octanol–water partition coefficient (Wildman–Crippen LogP) is 6.68. The lowest BCUT2D eigenvalue weighted by Crippen LogP contribution is -2.49. The molecule has 0 amide bonds. The SMILES string of the molecule is CCc1oc([C@@H](C)[C@@H](OC(C)=O)[C@H](C)[C@H](O)[C@H](C)CO[Si](C(C)C)(C(C)C)C(C)C)c(C)c(=O)c1C. The van der Waals surface area contributed by atoms with Gasteiger partial charge in [-0.25, -0.2) is 0 Å². The largest absolute Gasteiger partial charge is 0.465 e. The summed E-state index contributed by atoms with van der Waals surface area (Å²) < 4.78 is 18.7. The lowest BCUT2D eigenvalue weighted by Gasteiger charge is -2.43. The fraction of sp³-hybridized carbons (Fsp3) is 0.793. The van der Waals surface area contributed by atoms with Crippen molar-refractivity contribution in [3.63, 3.8) is 0 Å². The second kappa shape index (κ2) is 13.4. The predicted molar refractivity (Wildman–Crippen MR) is 149 cm³/mol. The Morgan fingerprint density at radius 2 is 1.44 bits per heavy atom. The first kappa shape index (κ1) is 32.6. The number of aliphatic hydroxyl groups is 1. The van der Waals surface area contributed by atoms with E-state index in [2.05, 4.69) is 41.5 Å². The molecule has 36 heavy (non-hydrogen) atoms. The number of ether oxygens (including phenoxy) is 1. The van der Waals surface area contributed by atoms with Crippen LogP contribution < -0.4 is 5.43 Å². The van der Waals surface area contributed by atoms with Crippen LogP contribution in [0.1, 0.15) is 105 Å². The van der Waals surface area contributed by atoms with E-state index >= 15 is 0 Å². The maximum atomic E-state index is 12.8. The van der Waals surface area contributed by atoms with E-state index in [1.54, 1.807) is 13.8 Å². The molecular weight excluding hydrogens is 472 g/mol. The van der Waals surface area contributed by atoms with E-state index in [4.69, 9.17) is 13.6 Å². The van der Waals surface area contributed by atoms with Crippen LogP contribution in [0.2, 0.25) is 16.6 Å². The van der Waals surface area contributed by atoms with Crippen LogP contribution in [-0.2, 0) is 20.4 Å². The van der Waals surface area contributed by atoms with E-state index in [9.17, 15) is 14.7 Å². The number of rotatable bonds is 13. The van der Waals surface area contributed by atoms with Crippen molar-refractivity contribution < 1.29 is 23.5 Å². The molecule has 0 saturated carbocycles. The fourth-order valence-corrected chi connectivity index (χ4v) is 11.7. The van der Waals surface area contributed by atoms with E-state index < -0.39 is 38.3 Å². The van der Waals surface area contributed by atoms with Gasteiger partial charge in [0, 0.05) is 42.9 Å². The number of carbonyl (C=O) groups is 1. The number of esters is 1. The van der Waals surface area contributed by atoms with Crippen molar-refractivity contribution in [2.45, 2.75) is 131 Å². The summed E-state index contributed by atoms with van der Waals surface area (Å²) in [6.07, 6.45) is -0.825. The maximum absolute atomic E-state index is 12.8. The van der Waals surface area contributed by atoms with Gasteiger partial charge < -0.3 is 18.7 Å². The Hall–Kier alpha value is -1.44. The van der Waals surface area contributed by atoms with Gasteiger partial charge in [-0.3, -0.25) is 9.59 Å². The second-order valence-corrected chi connectivity index (χ2v) is 17.1. The van der Waals surface area contributed by atoms with E-state index in [1.807, 2.05) is 27.7 Å². The average Bonchev–Trinajstić information content (AvgIpc) is 2.79. The van der Waals surface area contributed by atoms with Crippen molar-refractivity contribution in [1.29, 1.82) is 0 Å². The van der Waals surface area contributed by atoms with Gasteiger partial charge in [-0.15, -0.1) is 0 Å². The van der Waals surface area contributed by atoms with Crippen LogP contribution in [-0.4, -0.2) is 38.2 Å². The Labute approximate surface area is 220 Å². The third-order valence-electron chi connectivity index (χ3n) is 8.17. The second-order valence-electron chi connectivity index (χ2n) is 11.6. The minimum Gasteiger partial charge on any atom is -0.465 e. The van der Waals surface area contributed by atoms with Crippen LogP contribution in [0.4, 0.5) is 0 Å². The van der Waals surface area contributed by atoms with Crippen LogP contribution in [0.5, 0.6) is 0 Å². The Balaban J connectivity index is 3.28. The molecule has 5 atom stereocenters. The molecule has 0 aromatic carbocycles. The van der Waals surface area contributed by atoms with Crippen molar-refractivity contribution in [3.8, 4) is 0 Å². The van der Waals surface area contributed by atoms with Gasteiger partial charge in [0.2, 0.25) is 0 Å². The normalized spacial score (nSPS) is 16.8. The lowest BCUT2D eigenvalue weighted by molar-refractivity contribution is -0.154. The molecule has 0 aliphatic carbocycles.